The lowest BCUT2D eigenvalue weighted by atomic mass is 10.1. The second kappa shape index (κ2) is 6.17. The van der Waals surface area contributed by atoms with Crippen LogP contribution in [0.1, 0.15) is 16.9 Å². The number of fused-ring (bicyclic) bond motifs is 1. The molecule has 2 aromatic rings. The molecule has 1 saturated heterocycles. The van der Waals surface area contributed by atoms with E-state index in [1.165, 1.54) is 4.90 Å². The zero-order valence-electron chi connectivity index (χ0n) is 12.2. The molecule has 1 aromatic heterocycles. The van der Waals surface area contributed by atoms with E-state index in [1.54, 1.807) is 24.3 Å². The molecule has 8 heteroatoms. The highest BCUT2D eigenvalue weighted by molar-refractivity contribution is 5.94. The van der Waals surface area contributed by atoms with Gasteiger partial charge in [-0.1, -0.05) is 12.1 Å². The molecule has 2 N–H and O–H groups in total. The number of benzene rings is 1. The van der Waals surface area contributed by atoms with Gasteiger partial charge in [0.15, 0.2) is 5.69 Å². The van der Waals surface area contributed by atoms with Crippen molar-refractivity contribution in [3.63, 3.8) is 0 Å². The molecule has 3 rings (SSSR count). The fraction of sp³-hybridized carbons (Fsp3) is 0.333. The van der Waals surface area contributed by atoms with Crippen LogP contribution in [0.15, 0.2) is 29.1 Å². The minimum absolute atomic E-state index is 0.128. The average Bonchev–Trinajstić information content (AvgIpc) is 2.53. The third-order valence-corrected chi connectivity index (χ3v) is 3.70. The second-order valence-corrected chi connectivity index (χ2v) is 5.26. The topological polar surface area (TPSA) is 113 Å². The van der Waals surface area contributed by atoms with Crippen molar-refractivity contribution in [2.75, 3.05) is 19.8 Å². The monoisotopic (exact) mass is 317 g/mol. The quantitative estimate of drug-likeness (QED) is 0.838. The van der Waals surface area contributed by atoms with Gasteiger partial charge in [0, 0.05) is 6.54 Å². The van der Waals surface area contributed by atoms with Crippen molar-refractivity contribution in [3.8, 4) is 0 Å². The number of carboxylic acid groups (broad SMARTS) is 1. The van der Waals surface area contributed by atoms with Crippen molar-refractivity contribution in [2.45, 2.75) is 12.5 Å². The Hall–Kier alpha value is -2.74. The van der Waals surface area contributed by atoms with Gasteiger partial charge in [-0.25, -0.2) is 4.98 Å². The van der Waals surface area contributed by atoms with Crippen molar-refractivity contribution >= 4 is 22.9 Å². The molecule has 120 valence electrons. The lowest BCUT2D eigenvalue weighted by molar-refractivity contribution is -0.139. The smallest absolute Gasteiger partial charge is 0.305 e. The van der Waals surface area contributed by atoms with E-state index in [2.05, 4.69) is 9.97 Å². The Balaban J connectivity index is 1.96. The number of carbonyl (C=O) groups excluding carboxylic acids is 1. The van der Waals surface area contributed by atoms with Gasteiger partial charge in [0.2, 0.25) is 0 Å². The van der Waals surface area contributed by atoms with E-state index in [1.807, 2.05) is 0 Å². The Morgan fingerprint density at radius 3 is 2.96 bits per heavy atom. The fourth-order valence-electron chi connectivity index (χ4n) is 2.60. The lowest BCUT2D eigenvalue weighted by Gasteiger charge is -2.34. The Morgan fingerprint density at radius 1 is 1.39 bits per heavy atom. The normalized spacial score (nSPS) is 18.1. The number of nitrogens with one attached hydrogen (secondary N) is 1. The predicted octanol–water partition coefficient (Wildman–Crippen LogP) is 0.239. The van der Waals surface area contributed by atoms with Crippen LogP contribution in [0.2, 0.25) is 0 Å². The van der Waals surface area contributed by atoms with Crippen LogP contribution >= 0.6 is 0 Å². The number of nitrogens with zero attached hydrogens (tertiary/aromatic N) is 2. The number of para-hydroxylation sites is 2. The number of morpholine rings is 1. The Bertz CT molecular complexity index is 816. The first kappa shape index (κ1) is 15.2. The van der Waals surface area contributed by atoms with Crippen LogP contribution in [0.3, 0.4) is 0 Å². The first-order valence-corrected chi connectivity index (χ1v) is 7.16. The highest BCUT2D eigenvalue weighted by Gasteiger charge is 2.31. The number of amides is 1. The molecule has 0 saturated carbocycles. The van der Waals surface area contributed by atoms with Gasteiger partial charge in [-0.15, -0.1) is 0 Å². The van der Waals surface area contributed by atoms with Gasteiger partial charge in [0.1, 0.15) is 0 Å². The standard InChI is InChI=1S/C15H15N3O5/c19-12(20)7-9-8-23-6-5-18(9)15(22)13-14(21)17-11-4-2-1-3-10(11)16-13/h1-4,9H,5-8H2,(H,17,21)(H,19,20)/t9-/m1/s1. The van der Waals surface area contributed by atoms with E-state index in [-0.39, 0.29) is 25.3 Å². The van der Waals surface area contributed by atoms with E-state index in [9.17, 15) is 14.4 Å². The summed E-state index contributed by atoms with van der Waals surface area (Å²) in [6, 6.07) is 6.29. The molecule has 8 nitrogen and oxygen atoms in total. The van der Waals surface area contributed by atoms with E-state index in [0.29, 0.717) is 17.6 Å². The van der Waals surface area contributed by atoms with E-state index >= 15 is 0 Å². The molecule has 0 radical (unpaired) electrons. The van der Waals surface area contributed by atoms with Gasteiger partial charge in [-0.3, -0.25) is 14.4 Å². The molecule has 1 aromatic carbocycles. The number of carbonyl (C=O) groups is 2. The second-order valence-electron chi connectivity index (χ2n) is 5.26. The number of aliphatic carboxylic acids is 1. The lowest BCUT2D eigenvalue weighted by Crippen LogP contribution is -2.50. The van der Waals surface area contributed by atoms with E-state index in [0.717, 1.165) is 0 Å². The van der Waals surface area contributed by atoms with Crippen LogP contribution in [-0.4, -0.2) is 57.7 Å². The summed E-state index contributed by atoms with van der Waals surface area (Å²) in [5.74, 6) is -1.61. The molecule has 0 spiro atoms. The summed E-state index contributed by atoms with van der Waals surface area (Å²) in [6.45, 7) is 0.654. The van der Waals surface area contributed by atoms with E-state index < -0.39 is 23.5 Å². The Kier molecular flexibility index (Phi) is 4.07. The molecule has 1 aliphatic rings. The van der Waals surface area contributed by atoms with Crippen LogP contribution in [0.25, 0.3) is 11.0 Å². The molecule has 1 amide bonds. The molecule has 0 aliphatic carbocycles. The van der Waals surface area contributed by atoms with Crippen LogP contribution in [0, 0.1) is 0 Å². The number of aromatic nitrogens is 2. The minimum Gasteiger partial charge on any atom is -0.481 e. The zero-order chi connectivity index (χ0) is 16.4. The van der Waals surface area contributed by atoms with Crippen molar-refractivity contribution in [3.05, 3.63) is 40.3 Å². The van der Waals surface area contributed by atoms with Crippen LogP contribution in [0.5, 0.6) is 0 Å². The summed E-state index contributed by atoms with van der Waals surface area (Å²) in [6.07, 6.45) is -0.239. The number of carboxylic acids is 1. The molecule has 1 fully saturated rings. The maximum atomic E-state index is 12.7. The Labute approximate surface area is 130 Å². The average molecular weight is 317 g/mol. The summed E-state index contributed by atoms with van der Waals surface area (Å²) in [5.41, 5.74) is 0.215. The van der Waals surface area contributed by atoms with Crippen LogP contribution in [-0.2, 0) is 9.53 Å². The minimum atomic E-state index is -1.03. The predicted molar refractivity (Wildman–Crippen MR) is 80.3 cm³/mol. The number of H-pyrrole nitrogens is 1. The van der Waals surface area contributed by atoms with Gasteiger partial charge in [-0.2, -0.15) is 0 Å². The molecule has 23 heavy (non-hydrogen) atoms. The van der Waals surface area contributed by atoms with Gasteiger partial charge in [0.05, 0.1) is 36.7 Å². The van der Waals surface area contributed by atoms with Crippen molar-refractivity contribution in [2.24, 2.45) is 0 Å². The highest BCUT2D eigenvalue weighted by Crippen LogP contribution is 2.14. The van der Waals surface area contributed by atoms with Crippen LogP contribution < -0.4 is 5.56 Å². The summed E-state index contributed by atoms with van der Waals surface area (Å²) in [5, 5.41) is 8.95. The van der Waals surface area contributed by atoms with Crippen molar-refractivity contribution < 1.29 is 19.4 Å². The number of hydrogen-bond acceptors (Lipinski definition) is 5. The molecule has 0 bridgehead atoms. The largest absolute Gasteiger partial charge is 0.481 e. The third-order valence-electron chi connectivity index (χ3n) is 3.70. The molecule has 1 atom stereocenters. The van der Waals surface area contributed by atoms with Gasteiger partial charge in [0.25, 0.3) is 11.5 Å². The number of aromatic amines is 1. The van der Waals surface area contributed by atoms with Gasteiger partial charge < -0.3 is 19.7 Å². The summed E-state index contributed by atoms with van der Waals surface area (Å²) in [7, 11) is 0. The zero-order valence-corrected chi connectivity index (χ0v) is 12.2. The maximum absolute atomic E-state index is 12.7. The molecular formula is C15H15N3O5. The fourth-order valence-corrected chi connectivity index (χ4v) is 2.60. The first-order valence-electron chi connectivity index (χ1n) is 7.16. The molecular weight excluding hydrogens is 302 g/mol. The number of ether oxygens (including phenoxy) is 1. The number of hydrogen-bond donors (Lipinski definition) is 2. The third kappa shape index (κ3) is 3.07. The summed E-state index contributed by atoms with van der Waals surface area (Å²) in [4.78, 5) is 43.8. The molecule has 1 aliphatic heterocycles. The SMILES string of the molecule is O=C(O)C[C@@H]1COCCN1C(=O)c1nc2ccccc2[nH]c1=O. The van der Waals surface area contributed by atoms with E-state index in [4.69, 9.17) is 9.84 Å². The Morgan fingerprint density at radius 2 is 2.17 bits per heavy atom. The first-order chi connectivity index (χ1) is 11.1. The van der Waals surface area contributed by atoms with Gasteiger partial charge >= 0.3 is 5.97 Å². The molecule has 0 unspecified atom stereocenters. The number of rotatable bonds is 3. The maximum Gasteiger partial charge on any atom is 0.305 e. The van der Waals surface area contributed by atoms with Crippen LogP contribution in [0.4, 0.5) is 0 Å². The van der Waals surface area contributed by atoms with Crippen molar-refractivity contribution in [1.82, 2.24) is 14.9 Å². The summed E-state index contributed by atoms with van der Waals surface area (Å²) >= 11 is 0. The highest BCUT2D eigenvalue weighted by atomic mass is 16.5. The van der Waals surface area contributed by atoms with Crippen molar-refractivity contribution in [1.29, 1.82) is 0 Å². The molecule has 2 heterocycles. The van der Waals surface area contributed by atoms with Gasteiger partial charge in [-0.05, 0) is 12.1 Å². The summed E-state index contributed by atoms with van der Waals surface area (Å²) < 4.78 is 5.24.